The summed E-state index contributed by atoms with van der Waals surface area (Å²) in [7, 11) is 0. The highest BCUT2D eigenvalue weighted by Gasteiger charge is 2.16. The summed E-state index contributed by atoms with van der Waals surface area (Å²) in [5.41, 5.74) is 2.86. The van der Waals surface area contributed by atoms with E-state index in [0.717, 1.165) is 56.1 Å². The van der Waals surface area contributed by atoms with Crippen molar-refractivity contribution in [2.24, 2.45) is 0 Å². The lowest BCUT2D eigenvalue weighted by Crippen LogP contribution is -2.46. The Bertz CT molecular complexity index is 502. The lowest BCUT2D eigenvalue weighted by molar-refractivity contribution is -0.116. The average molecular weight is 324 g/mol. The number of hydrogen-bond donors (Lipinski definition) is 1. The first kappa shape index (κ1) is 17.3. The summed E-state index contributed by atoms with van der Waals surface area (Å²) in [5.74, 6) is 0.0341. The minimum atomic E-state index is 0.0341. The van der Waals surface area contributed by atoms with Crippen LogP contribution in [0.25, 0.3) is 0 Å². The van der Waals surface area contributed by atoms with E-state index in [1.165, 1.54) is 0 Å². The Morgan fingerprint density at radius 3 is 2.41 bits per heavy atom. The van der Waals surface area contributed by atoms with Crippen LogP contribution in [0, 0.1) is 13.8 Å². The monoisotopic (exact) mass is 323 g/mol. The topological polar surface area (TPSA) is 35.6 Å². The molecule has 1 aliphatic heterocycles. The van der Waals surface area contributed by atoms with Crippen LogP contribution in [0.3, 0.4) is 0 Å². The fourth-order valence-corrected chi connectivity index (χ4v) is 3.23. The molecule has 1 heterocycles. The number of hydrogen-bond acceptors (Lipinski definition) is 3. The van der Waals surface area contributed by atoms with E-state index in [1.807, 2.05) is 26.0 Å². The number of carbonyl (C=O) groups excluding carboxylic acids is 1. The summed E-state index contributed by atoms with van der Waals surface area (Å²) in [6.45, 7) is 12.4. The molecule has 1 aromatic carbocycles. The Hall–Kier alpha value is -1.10. The van der Waals surface area contributed by atoms with Crippen molar-refractivity contribution in [1.29, 1.82) is 0 Å². The van der Waals surface area contributed by atoms with E-state index in [4.69, 9.17) is 11.6 Å². The summed E-state index contributed by atoms with van der Waals surface area (Å²) in [5, 5.41) is 3.57. The van der Waals surface area contributed by atoms with Crippen molar-refractivity contribution in [1.82, 2.24) is 9.80 Å². The van der Waals surface area contributed by atoms with Crippen LogP contribution in [-0.4, -0.2) is 55.0 Å². The standard InChI is InChI=1S/C17H26ClN3O/c1-4-20-7-9-21(10-8-20)6-5-16(22)19-17-14(3)11-13(2)12-15(17)18/h11-12H,4-10H2,1-3H3,(H,19,22). The van der Waals surface area contributed by atoms with Crippen molar-refractivity contribution in [3.8, 4) is 0 Å². The molecule has 0 bridgehead atoms. The number of rotatable bonds is 5. The van der Waals surface area contributed by atoms with Crippen LogP contribution < -0.4 is 5.32 Å². The van der Waals surface area contributed by atoms with Gasteiger partial charge in [0.1, 0.15) is 0 Å². The smallest absolute Gasteiger partial charge is 0.225 e. The van der Waals surface area contributed by atoms with E-state index in [1.54, 1.807) is 0 Å². The van der Waals surface area contributed by atoms with Crippen molar-refractivity contribution < 1.29 is 4.79 Å². The van der Waals surface area contributed by atoms with Crippen molar-refractivity contribution in [3.05, 3.63) is 28.3 Å². The van der Waals surface area contributed by atoms with Gasteiger partial charge in [-0.25, -0.2) is 0 Å². The first-order valence-electron chi connectivity index (χ1n) is 8.01. The number of likely N-dealkylation sites (N-methyl/N-ethyl adjacent to an activating group) is 1. The van der Waals surface area contributed by atoms with Crippen LogP contribution in [-0.2, 0) is 4.79 Å². The first-order chi connectivity index (χ1) is 10.5. The second kappa shape index (κ2) is 7.95. The van der Waals surface area contributed by atoms with E-state index < -0.39 is 0 Å². The Kier molecular flexibility index (Phi) is 6.24. The second-order valence-corrected chi connectivity index (χ2v) is 6.42. The molecule has 122 valence electrons. The molecule has 1 saturated heterocycles. The molecule has 0 spiro atoms. The van der Waals surface area contributed by atoms with E-state index in [-0.39, 0.29) is 5.91 Å². The van der Waals surface area contributed by atoms with Crippen LogP contribution in [0.5, 0.6) is 0 Å². The minimum absolute atomic E-state index is 0.0341. The highest BCUT2D eigenvalue weighted by Crippen LogP contribution is 2.27. The van der Waals surface area contributed by atoms with Gasteiger partial charge in [-0.15, -0.1) is 0 Å². The molecule has 1 fully saturated rings. The van der Waals surface area contributed by atoms with Crippen LogP contribution >= 0.6 is 11.6 Å². The maximum Gasteiger partial charge on any atom is 0.225 e. The molecule has 0 aromatic heterocycles. The lowest BCUT2D eigenvalue weighted by Gasteiger charge is -2.33. The van der Waals surface area contributed by atoms with Crippen LogP contribution in [0.4, 0.5) is 5.69 Å². The predicted molar refractivity (Wildman–Crippen MR) is 92.7 cm³/mol. The maximum atomic E-state index is 12.2. The SMILES string of the molecule is CCN1CCN(CCC(=O)Nc2c(C)cc(C)cc2Cl)CC1. The van der Waals surface area contributed by atoms with E-state index in [9.17, 15) is 4.79 Å². The Morgan fingerprint density at radius 2 is 1.82 bits per heavy atom. The first-order valence-corrected chi connectivity index (χ1v) is 8.38. The molecular formula is C17H26ClN3O. The van der Waals surface area contributed by atoms with Gasteiger partial charge in [-0.2, -0.15) is 0 Å². The largest absolute Gasteiger partial charge is 0.325 e. The van der Waals surface area contributed by atoms with Gasteiger partial charge < -0.3 is 15.1 Å². The summed E-state index contributed by atoms with van der Waals surface area (Å²) in [6, 6.07) is 3.92. The summed E-state index contributed by atoms with van der Waals surface area (Å²) < 4.78 is 0. The normalized spacial score (nSPS) is 16.7. The van der Waals surface area contributed by atoms with Gasteiger partial charge in [0.2, 0.25) is 5.91 Å². The van der Waals surface area contributed by atoms with Gasteiger partial charge in [0.25, 0.3) is 0 Å². The van der Waals surface area contributed by atoms with Gasteiger partial charge in [-0.05, 0) is 37.6 Å². The Morgan fingerprint density at radius 1 is 1.18 bits per heavy atom. The third kappa shape index (κ3) is 4.70. The van der Waals surface area contributed by atoms with Crippen molar-refractivity contribution >= 4 is 23.2 Å². The number of nitrogens with one attached hydrogen (secondary N) is 1. The van der Waals surface area contributed by atoms with E-state index >= 15 is 0 Å². The summed E-state index contributed by atoms with van der Waals surface area (Å²) in [6.07, 6.45) is 0.510. The van der Waals surface area contributed by atoms with Crippen molar-refractivity contribution in [2.45, 2.75) is 27.2 Å². The Labute approximate surface area is 138 Å². The maximum absolute atomic E-state index is 12.2. The Balaban J connectivity index is 1.82. The van der Waals surface area contributed by atoms with Gasteiger partial charge in [0.05, 0.1) is 10.7 Å². The fourth-order valence-electron chi connectivity index (χ4n) is 2.86. The molecular weight excluding hydrogens is 298 g/mol. The molecule has 1 aliphatic rings. The highest BCUT2D eigenvalue weighted by atomic mass is 35.5. The zero-order chi connectivity index (χ0) is 16.1. The van der Waals surface area contributed by atoms with Crippen molar-refractivity contribution in [2.75, 3.05) is 44.6 Å². The molecule has 0 unspecified atom stereocenters. The molecule has 1 amide bonds. The molecule has 4 nitrogen and oxygen atoms in total. The molecule has 2 rings (SSSR count). The second-order valence-electron chi connectivity index (χ2n) is 6.01. The van der Waals surface area contributed by atoms with Gasteiger partial charge in [0, 0.05) is 39.1 Å². The molecule has 22 heavy (non-hydrogen) atoms. The zero-order valence-corrected chi connectivity index (χ0v) is 14.5. The fraction of sp³-hybridized carbons (Fsp3) is 0.588. The number of halogens is 1. The summed E-state index contributed by atoms with van der Waals surface area (Å²) >= 11 is 6.23. The average Bonchev–Trinajstić information content (AvgIpc) is 2.49. The van der Waals surface area contributed by atoms with E-state index in [2.05, 4.69) is 22.0 Å². The van der Waals surface area contributed by atoms with Gasteiger partial charge in [0.15, 0.2) is 0 Å². The molecule has 1 N–H and O–H groups in total. The highest BCUT2D eigenvalue weighted by molar-refractivity contribution is 6.34. The third-order valence-electron chi connectivity index (χ3n) is 4.26. The van der Waals surface area contributed by atoms with Crippen LogP contribution in [0.1, 0.15) is 24.5 Å². The number of anilines is 1. The number of piperazine rings is 1. The molecule has 0 atom stereocenters. The van der Waals surface area contributed by atoms with Gasteiger partial charge in [-0.3, -0.25) is 4.79 Å². The molecule has 0 saturated carbocycles. The third-order valence-corrected chi connectivity index (χ3v) is 4.56. The predicted octanol–water partition coefficient (Wildman–Crippen LogP) is 2.92. The number of nitrogens with zero attached hydrogens (tertiary/aromatic N) is 2. The molecule has 1 aromatic rings. The zero-order valence-electron chi connectivity index (χ0n) is 13.8. The number of amides is 1. The van der Waals surface area contributed by atoms with Gasteiger partial charge >= 0.3 is 0 Å². The number of carbonyl (C=O) groups is 1. The molecule has 0 radical (unpaired) electrons. The van der Waals surface area contributed by atoms with Gasteiger partial charge in [-0.1, -0.05) is 24.6 Å². The minimum Gasteiger partial charge on any atom is -0.325 e. The molecule has 5 heteroatoms. The number of aryl methyl sites for hydroxylation is 2. The summed E-state index contributed by atoms with van der Waals surface area (Å²) in [4.78, 5) is 17.0. The lowest BCUT2D eigenvalue weighted by atomic mass is 10.1. The molecule has 0 aliphatic carbocycles. The van der Waals surface area contributed by atoms with Crippen LogP contribution in [0.2, 0.25) is 5.02 Å². The quantitative estimate of drug-likeness (QED) is 0.905. The van der Waals surface area contributed by atoms with Crippen molar-refractivity contribution in [3.63, 3.8) is 0 Å². The van der Waals surface area contributed by atoms with Crippen LogP contribution in [0.15, 0.2) is 12.1 Å². The van der Waals surface area contributed by atoms with E-state index in [0.29, 0.717) is 11.4 Å². The number of benzene rings is 1.